The van der Waals surface area contributed by atoms with E-state index >= 15 is 0 Å². The van der Waals surface area contributed by atoms with Crippen LogP contribution in [0.1, 0.15) is 26.0 Å². The Balaban J connectivity index is 3.07. The van der Waals surface area contributed by atoms with Gasteiger partial charge in [-0.2, -0.15) is 0 Å². The fourth-order valence-electron chi connectivity index (χ4n) is 1.66. The third-order valence-corrected chi connectivity index (χ3v) is 3.04. The molecular weight excluding hydrogens is 248 g/mol. The van der Waals surface area contributed by atoms with Gasteiger partial charge in [0.2, 0.25) is 0 Å². The van der Waals surface area contributed by atoms with Crippen molar-refractivity contribution in [3.63, 3.8) is 0 Å². The lowest BCUT2D eigenvalue weighted by molar-refractivity contribution is 0.203. The first-order valence-corrected chi connectivity index (χ1v) is 6.39. The lowest BCUT2D eigenvalue weighted by Gasteiger charge is -2.30. The molecule has 0 bridgehead atoms. The second-order valence-corrected chi connectivity index (χ2v) is 4.48. The summed E-state index contributed by atoms with van der Waals surface area (Å²) in [7, 11) is 1.68. The summed E-state index contributed by atoms with van der Waals surface area (Å²) in [6, 6.07) is 0.324. The molecule has 1 heterocycles. The number of nitrogens with zero attached hydrogens (tertiary/aromatic N) is 3. The molecule has 1 aromatic heterocycles. The molecule has 1 atom stereocenters. The summed E-state index contributed by atoms with van der Waals surface area (Å²) in [5.41, 5.74) is 6.27. The minimum absolute atomic E-state index is 0.267. The van der Waals surface area contributed by atoms with Crippen LogP contribution < -0.4 is 10.6 Å². The van der Waals surface area contributed by atoms with Gasteiger partial charge < -0.3 is 15.4 Å². The molecule has 2 N–H and O–H groups in total. The zero-order valence-corrected chi connectivity index (χ0v) is 11.9. The van der Waals surface area contributed by atoms with Gasteiger partial charge in [0, 0.05) is 32.1 Å². The van der Waals surface area contributed by atoms with E-state index in [1.165, 1.54) is 0 Å². The molecule has 0 aliphatic heterocycles. The summed E-state index contributed by atoms with van der Waals surface area (Å²) >= 11 is 5.02. The van der Waals surface area contributed by atoms with Gasteiger partial charge >= 0.3 is 0 Å². The van der Waals surface area contributed by atoms with Crippen molar-refractivity contribution < 1.29 is 4.74 Å². The van der Waals surface area contributed by atoms with Gasteiger partial charge in [0.05, 0.1) is 6.61 Å². The minimum Gasteiger partial charge on any atom is -0.388 e. The molecule has 0 amide bonds. The van der Waals surface area contributed by atoms with Crippen LogP contribution in [0.3, 0.4) is 0 Å². The maximum atomic E-state index is 5.69. The minimum atomic E-state index is 0.267. The van der Waals surface area contributed by atoms with Crippen LogP contribution in [-0.2, 0) is 4.74 Å². The highest BCUT2D eigenvalue weighted by Gasteiger charge is 2.19. The maximum absolute atomic E-state index is 5.69. The zero-order chi connectivity index (χ0) is 13.5. The van der Waals surface area contributed by atoms with E-state index in [0.29, 0.717) is 18.3 Å². The average molecular weight is 268 g/mol. The number of rotatable bonds is 7. The molecule has 18 heavy (non-hydrogen) atoms. The number of anilines is 1. The van der Waals surface area contributed by atoms with Gasteiger partial charge in [-0.25, -0.2) is 9.97 Å². The fraction of sp³-hybridized carbons (Fsp3) is 0.583. The molecule has 1 rings (SSSR count). The summed E-state index contributed by atoms with van der Waals surface area (Å²) in [6.07, 6.45) is 4.25. The summed E-state index contributed by atoms with van der Waals surface area (Å²) in [4.78, 5) is 11.0. The second-order valence-electron chi connectivity index (χ2n) is 4.04. The molecule has 0 saturated carbocycles. The second kappa shape index (κ2) is 7.23. The van der Waals surface area contributed by atoms with Crippen LogP contribution in [-0.4, -0.2) is 41.3 Å². The van der Waals surface area contributed by atoms with Crippen LogP contribution in [0.5, 0.6) is 0 Å². The predicted molar refractivity (Wildman–Crippen MR) is 76.9 cm³/mol. The van der Waals surface area contributed by atoms with Gasteiger partial charge in [0.25, 0.3) is 0 Å². The van der Waals surface area contributed by atoms with Crippen LogP contribution in [0.25, 0.3) is 0 Å². The zero-order valence-electron chi connectivity index (χ0n) is 11.1. The average Bonchev–Trinajstić information content (AvgIpc) is 2.39. The van der Waals surface area contributed by atoms with E-state index in [9.17, 15) is 0 Å². The van der Waals surface area contributed by atoms with Crippen LogP contribution in [0.15, 0.2) is 12.4 Å². The van der Waals surface area contributed by atoms with E-state index in [1.807, 2.05) is 0 Å². The summed E-state index contributed by atoms with van der Waals surface area (Å²) < 4.78 is 5.13. The van der Waals surface area contributed by atoms with E-state index in [1.54, 1.807) is 19.5 Å². The third-order valence-electron chi connectivity index (χ3n) is 2.84. The summed E-state index contributed by atoms with van der Waals surface area (Å²) in [5, 5.41) is 0. The Morgan fingerprint density at radius 3 is 2.72 bits per heavy atom. The Morgan fingerprint density at radius 2 is 2.17 bits per heavy atom. The molecule has 0 aliphatic carbocycles. The predicted octanol–water partition coefficient (Wildman–Crippen LogP) is 1.36. The van der Waals surface area contributed by atoms with Crippen LogP contribution in [0, 0.1) is 0 Å². The number of methoxy groups -OCH3 is 1. The molecule has 0 spiro atoms. The molecule has 0 radical (unpaired) electrons. The van der Waals surface area contributed by atoms with Crippen LogP contribution in [0.4, 0.5) is 5.82 Å². The summed E-state index contributed by atoms with van der Waals surface area (Å²) in [5.74, 6) is 0.733. The molecule has 1 aromatic rings. The first-order valence-electron chi connectivity index (χ1n) is 5.98. The van der Waals surface area contributed by atoms with Crippen LogP contribution in [0.2, 0.25) is 0 Å². The largest absolute Gasteiger partial charge is 0.388 e. The number of aromatic nitrogens is 2. The van der Waals surface area contributed by atoms with Gasteiger partial charge in [-0.15, -0.1) is 0 Å². The number of nitrogens with two attached hydrogens (primary N) is 1. The Morgan fingerprint density at radius 1 is 1.50 bits per heavy atom. The topological polar surface area (TPSA) is 64.3 Å². The highest BCUT2D eigenvalue weighted by Crippen LogP contribution is 2.18. The molecular formula is C12H20N4OS. The Hall–Kier alpha value is -1.27. The van der Waals surface area contributed by atoms with Crippen molar-refractivity contribution in [1.29, 1.82) is 0 Å². The molecule has 0 saturated heterocycles. The van der Waals surface area contributed by atoms with Gasteiger partial charge in [0.1, 0.15) is 10.7 Å². The molecule has 1 unspecified atom stereocenters. The Bertz CT molecular complexity index is 399. The van der Waals surface area contributed by atoms with Gasteiger partial charge in [0.15, 0.2) is 5.82 Å². The van der Waals surface area contributed by atoms with E-state index < -0.39 is 0 Å². The number of hydrogen-bond donors (Lipinski definition) is 1. The number of hydrogen-bond acceptors (Lipinski definition) is 5. The van der Waals surface area contributed by atoms with Crippen molar-refractivity contribution in [2.75, 3.05) is 25.2 Å². The first kappa shape index (κ1) is 14.8. The maximum Gasteiger partial charge on any atom is 0.157 e. The molecule has 6 heteroatoms. The van der Waals surface area contributed by atoms with E-state index in [2.05, 4.69) is 28.7 Å². The molecule has 0 aliphatic rings. The van der Waals surface area contributed by atoms with E-state index in [0.717, 1.165) is 18.8 Å². The molecule has 0 fully saturated rings. The van der Waals surface area contributed by atoms with Gasteiger partial charge in [-0.1, -0.05) is 19.1 Å². The Kier molecular flexibility index (Phi) is 5.94. The monoisotopic (exact) mass is 268 g/mol. The summed E-state index contributed by atoms with van der Waals surface area (Å²) in [6.45, 7) is 5.62. The first-order chi connectivity index (χ1) is 8.61. The molecule has 100 valence electrons. The Labute approximate surface area is 113 Å². The van der Waals surface area contributed by atoms with Crippen molar-refractivity contribution in [1.82, 2.24) is 9.97 Å². The number of thiocarbonyl (C=S) groups is 1. The van der Waals surface area contributed by atoms with Crippen molar-refractivity contribution >= 4 is 23.0 Å². The van der Waals surface area contributed by atoms with Crippen molar-refractivity contribution in [3.05, 3.63) is 18.1 Å². The van der Waals surface area contributed by atoms with Crippen molar-refractivity contribution in [2.24, 2.45) is 5.73 Å². The highest BCUT2D eigenvalue weighted by atomic mass is 32.1. The lowest BCUT2D eigenvalue weighted by Crippen LogP contribution is -2.37. The van der Waals surface area contributed by atoms with E-state index in [-0.39, 0.29) is 4.99 Å². The smallest absolute Gasteiger partial charge is 0.157 e. The fourth-order valence-corrected chi connectivity index (χ4v) is 1.80. The number of ether oxygens (including phenoxy) is 1. The third kappa shape index (κ3) is 3.61. The highest BCUT2D eigenvalue weighted by molar-refractivity contribution is 7.80. The van der Waals surface area contributed by atoms with Crippen molar-refractivity contribution in [3.8, 4) is 0 Å². The normalized spacial score (nSPS) is 12.2. The van der Waals surface area contributed by atoms with Gasteiger partial charge in [-0.3, -0.25) is 0 Å². The lowest BCUT2D eigenvalue weighted by atomic mass is 10.2. The molecule has 0 aromatic carbocycles. The van der Waals surface area contributed by atoms with Crippen LogP contribution >= 0.6 is 12.2 Å². The van der Waals surface area contributed by atoms with E-state index in [4.69, 9.17) is 22.7 Å². The SMILES string of the molecule is CCC(C)N(CCOC)c1nccnc1C(N)=S. The van der Waals surface area contributed by atoms with Gasteiger partial charge in [-0.05, 0) is 13.3 Å². The standard InChI is InChI=1S/C12H20N4OS/c1-4-9(2)16(7-8-17-3)12-10(11(13)18)14-5-6-15-12/h5-6,9H,4,7-8H2,1-3H3,(H2,13,18). The molecule has 5 nitrogen and oxygen atoms in total. The quantitative estimate of drug-likeness (QED) is 0.753. The van der Waals surface area contributed by atoms with Crippen molar-refractivity contribution in [2.45, 2.75) is 26.3 Å².